The van der Waals surface area contributed by atoms with Crippen molar-refractivity contribution in [1.82, 2.24) is 58.9 Å². The summed E-state index contributed by atoms with van der Waals surface area (Å²) in [6.45, 7) is 13.8. The number of aliphatic hydroxyl groups is 1. The molecule has 2 N–H and O–H groups in total. The number of rotatable bonds is 22. The number of carbonyl (C=O) groups excluding carboxylic acids is 2. The molecule has 8 heterocycles. The van der Waals surface area contributed by atoms with Crippen LogP contribution in [-0.4, -0.2) is 170 Å². The number of hydrogen-bond acceptors (Lipinski definition) is 20. The number of aliphatic hydroxyl groups excluding tert-OH is 1. The number of halogens is 2. The van der Waals surface area contributed by atoms with Gasteiger partial charge in [0.25, 0.3) is 11.1 Å². The Kier molecular flexibility index (Phi) is 22.3. The van der Waals surface area contributed by atoms with Gasteiger partial charge >= 0.3 is 11.7 Å². The molecular formula is C58H72F2N12O13S2. The van der Waals surface area contributed by atoms with Gasteiger partial charge in [-0.1, -0.05) is 50.4 Å². The standard InChI is InChI=1S/C29H35FN6O6S.C17H20N6O3S.C12H17FO4/c1-17(2)26(37)34-11-8-20(15-34)35-27(38)24-18(3)28(36-31-9-10-32-36)43-25(24)33-29(35)42-16-23(41-13-12-39-4)21-14-19(30)6-7-22(21)40-5;1-9(2)14(24)21-7-4-11(8-21)22-15(25)12-10(3)16(23-18-5-6-19-23)27-13(12)20-17(22)26;1-15-5-6-17-12(8-14)10-7-9(13)3-4-11(10)16-2/h6-7,9-10,14,17,20,23H,8,11-13,15-16H2,1-5H3;5-6,9,11H,4,7-8H2,1-3H3,(H,20,26);3-4,7,12,14H,5-6,8H2,1-2H3/t20-,23+;11-;12-/m110/s1. The van der Waals surface area contributed by atoms with Crippen molar-refractivity contribution in [2.75, 3.05) is 94.3 Å². The topological polar surface area (TPSA) is 277 Å². The molecule has 2 saturated heterocycles. The van der Waals surface area contributed by atoms with Crippen LogP contribution in [0.25, 0.3) is 30.4 Å². The van der Waals surface area contributed by atoms with E-state index in [1.165, 1.54) is 92.0 Å². The first-order chi connectivity index (χ1) is 41.8. The first kappa shape index (κ1) is 65.2. The summed E-state index contributed by atoms with van der Waals surface area (Å²) in [7, 11) is 6.09. The monoisotopic (exact) mass is 1250 g/mol. The summed E-state index contributed by atoms with van der Waals surface area (Å²) < 4.78 is 68.5. The van der Waals surface area contributed by atoms with Gasteiger partial charge in [-0.2, -0.15) is 25.4 Å². The van der Waals surface area contributed by atoms with Crippen molar-refractivity contribution >= 4 is 54.9 Å². The first-order valence-electron chi connectivity index (χ1n) is 28.1. The molecule has 0 saturated carbocycles. The van der Waals surface area contributed by atoms with Gasteiger partial charge in [0, 0.05) is 74.5 Å². The highest BCUT2D eigenvalue weighted by Gasteiger charge is 2.35. The van der Waals surface area contributed by atoms with E-state index in [4.69, 9.17) is 38.1 Å². The Hall–Kier alpha value is -7.80. The third-order valence-corrected chi connectivity index (χ3v) is 16.9. The summed E-state index contributed by atoms with van der Waals surface area (Å²) in [4.78, 5) is 80.0. The van der Waals surface area contributed by atoms with Crippen LogP contribution in [0.1, 0.15) is 87.1 Å². The minimum Gasteiger partial charge on any atom is -0.496 e. The van der Waals surface area contributed by atoms with Gasteiger partial charge in [-0.15, -0.1) is 9.59 Å². The number of amides is 2. The largest absolute Gasteiger partial charge is 0.496 e. The van der Waals surface area contributed by atoms with Gasteiger partial charge in [0.15, 0.2) is 0 Å². The number of hydrogen-bond donors (Lipinski definition) is 2. The Bertz CT molecular complexity index is 3810. The van der Waals surface area contributed by atoms with Gasteiger partial charge in [-0.25, -0.2) is 13.6 Å². The maximum atomic E-state index is 14.3. The molecule has 10 rings (SSSR count). The maximum Gasteiger partial charge on any atom is 0.329 e. The van der Waals surface area contributed by atoms with E-state index in [9.17, 15) is 37.9 Å². The predicted molar refractivity (Wildman–Crippen MR) is 320 cm³/mol. The molecule has 87 heavy (non-hydrogen) atoms. The molecule has 29 heteroatoms. The van der Waals surface area contributed by atoms with Crippen LogP contribution in [0.2, 0.25) is 0 Å². The molecule has 0 unspecified atom stereocenters. The number of thiophene rings is 2. The molecule has 8 aromatic rings. The van der Waals surface area contributed by atoms with Crippen molar-refractivity contribution < 1.29 is 56.6 Å². The molecule has 468 valence electrons. The molecule has 2 aliphatic heterocycles. The Balaban J connectivity index is 0.000000189. The number of likely N-dealkylation sites (tertiary alicyclic amines) is 2. The molecule has 6 aromatic heterocycles. The second kappa shape index (κ2) is 29.7. The van der Waals surface area contributed by atoms with E-state index < -0.39 is 29.5 Å². The number of methoxy groups -OCH3 is 4. The third kappa shape index (κ3) is 14.8. The molecular weight excluding hydrogens is 1170 g/mol. The number of carbonyl (C=O) groups is 2. The minimum atomic E-state index is -0.765. The Morgan fingerprint density at radius 3 is 1.63 bits per heavy atom. The van der Waals surface area contributed by atoms with Crippen molar-refractivity contribution in [3.05, 3.63) is 126 Å². The van der Waals surface area contributed by atoms with Gasteiger partial charge < -0.3 is 48.1 Å². The number of nitrogens with zero attached hydrogens (tertiary/aromatic N) is 11. The van der Waals surface area contributed by atoms with Gasteiger partial charge in [0.05, 0.1) is 94.9 Å². The highest BCUT2D eigenvalue weighted by Crippen LogP contribution is 2.36. The predicted octanol–water partition coefficient (Wildman–Crippen LogP) is 6.31. The van der Waals surface area contributed by atoms with E-state index in [2.05, 4.69) is 25.4 Å². The molecule has 2 fully saturated rings. The molecule has 0 radical (unpaired) electrons. The number of aromatic amines is 1. The lowest BCUT2D eigenvalue weighted by molar-refractivity contribution is -0.134. The number of aryl methyl sites for hydroxylation is 2. The highest BCUT2D eigenvalue weighted by atomic mass is 32.1. The molecule has 2 aromatic carbocycles. The second-order valence-corrected chi connectivity index (χ2v) is 23.0. The summed E-state index contributed by atoms with van der Waals surface area (Å²) in [6.07, 6.45) is 6.01. The number of fused-ring (bicyclic) bond motifs is 2. The van der Waals surface area contributed by atoms with Crippen LogP contribution in [0.15, 0.2) is 75.6 Å². The van der Waals surface area contributed by atoms with Gasteiger partial charge in [-0.3, -0.25) is 33.3 Å². The fourth-order valence-corrected chi connectivity index (χ4v) is 12.5. The molecule has 4 atom stereocenters. The van der Waals surface area contributed by atoms with Crippen LogP contribution in [-0.2, 0) is 28.5 Å². The highest BCUT2D eigenvalue weighted by molar-refractivity contribution is 7.21. The number of ether oxygens (including phenoxy) is 7. The van der Waals surface area contributed by atoms with Gasteiger partial charge in [0.2, 0.25) is 11.8 Å². The van der Waals surface area contributed by atoms with Gasteiger partial charge in [-0.05, 0) is 63.1 Å². The molecule has 0 spiro atoms. The summed E-state index contributed by atoms with van der Waals surface area (Å²) in [6, 6.07) is 7.67. The van der Waals surface area contributed by atoms with E-state index in [1.54, 1.807) is 48.8 Å². The Morgan fingerprint density at radius 1 is 0.667 bits per heavy atom. The third-order valence-electron chi connectivity index (χ3n) is 14.6. The van der Waals surface area contributed by atoms with Crippen LogP contribution in [0.3, 0.4) is 0 Å². The first-order valence-corrected chi connectivity index (χ1v) is 29.7. The zero-order valence-electron chi connectivity index (χ0n) is 50.1. The summed E-state index contributed by atoms with van der Waals surface area (Å²) in [5.74, 6) is -0.139. The molecule has 0 bridgehead atoms. The van der Waals surface area contributed by atoms with Crippen LogP contribution in [0, 0.1) is 37.3 Å². The average molecular weight is 1250 g/mol. The summed E-state index contributed by atoms with van der Waals surface area (Å²) in [5.41, 5.74) is 1.31. The molecule has 25 nitrogen and oxygen atoms in total. The number of aromatic nitrogens is 10. The van der Waals surface area contributed by atoms with E-state index in [1.807, 2.05) is 41.5 Å². The van der Waals surface area contributed by atoms with E-state index in [0.717, 1.165) is 5.56 Å². The fraction of sp³-hybridized carbons (Fsp3) is 0.483. The molecule has 0 aliphatic carbocycles. The molecule has 2 amide bonds. The number of H-pyrrole nitrogens is 1. The lowest BCUT2D eigenvalue weighted by Gasteiger charge is -2.23. The maximum absolute atomic E-state index is 14.3. The quantitative estimate of drug-likeness (QED) is 0.0704. The van der Waals surface area contributed by atoms with Crippen molar-refractivity contribution in [2.45, 2.75) is 78.7 Å². The average Bonchev–Trinajstić information content (AvgIpc) is 2.16. The second-order valence-electron chi connectivity index (χ2n) is 21.0. The summed E-state index contributed by atoms with van der Waals surface area (Å²) in [5, 5.41) is 28.2. The van der Waals surface area contributed by atoms with Gasteiger partial charge in [0.1, 0.15) is 61.6 Å². The Morgan fingerprint density at radius 2 is 1.14 bits per heavy atom. The van der Waals surface area contributed by atoms with Crippen molar-refractivity contribution in [3.63, 3.8) is 0 Å². The van der Waals surface area contributed by atoms with Crippen molar-refractivity contribution in [2.24, 2.45) is 11.8 Å². The number of benzene rings is 2. The van der Waals surface area contributed by atoms with E-state index >= 15 is 0 Å². The summed E-state index contributed by atoms with van der Waals surface area (Å²) >= 11 is 2.55. The van der Waals surface area contributed by atoms with Crippen LogP contribution in [0.5, 0.6) is 17.5 Å². The van der Waals surface area contributed by atoms with E-state index in [-0.39, 0.29) is 72.7 Å². The zero-order chi connectivity index (χ0) is 62.6. The number of nitrogens with one attached hydrogen (secondary N) is 1. The van der Waals surface area contributed by atoms with E-state index in [0.29, 0.717) is 117 Å². The fourth-order valence-electron chi connectivity index (χ4n) is 10.3. The molecule has 2 aliphatic rings. The lowest BCUT2D eigenvalue weighted by atomic mass is 10.1. The lowest BCUT2D eigenvalue weighted by Crippen LogP contribution is -2.40. The smallest absolute Gasteiger partial charge is 0.329 e. The normalized spacial score (nSPS) is 15.7. The van der Waals surface area contributed by atoms with Crippen LogP contribution >= 0.6 is 22.7 Å². The minimum absolute atomic E-state index is 0.0237. The SMILES string of the molecule is COCCO[C@@H](CO)c1cc(F)ccc1OC.COCCO[C@@H](COc1nc2sc(-n3nccn3)c(C)c2c(=O)n1[C@@H]1CCN(C(=O)C(C)C)C1)c1cc(F)ccc1OC.Cc1c(-n2nccn2)sc2[nH]c(=O)n([C@@H]3CCN(C(=O)C(C)C)C3)c(=O)c12. The van der Waals surface area contributed by atoms with Crippen molar-refractivity contribution in [1.29, 1.82) is 0 Å². The van der Waals surface area contributed by atoms with Crippen molar-refractivity contribution in [3.8, 4) is 27.5 Å². The van der Waals surface area contributed by atoms with Crippen LogP contribution < -0.4 is 31.0 Å². The Labute approximate surface area is 506 Å². The zero-order valence-corrected chi connectivity index (χ0v) is 51.7. The van der Waals surface area contributed by atoms with Crippen LogP contribution in [0.4, 0.5) is 8.78 Å².